The van der Waals surface area contributed by atoms with E-state index in [1.54, 1.807) is 0 Å². The number of fused-ring (bicyclic) bond motifs is 1. The molecule has 2 N–H and O–H groups in total. The van der Waals surface area contributed by atoms with Crippen molar-refractivity contribution in [2.45, 2.75) is 17.7 Å². The zero-order valence-corrected chi connectivity index (χ0v) is 13.4. The van der Waals surface area contributed by atoms with E-state index >= 15 is 0 Å². The molecule has 0 radical (unpaired) electrons. The van der Waals surface area contributed by atoms with Crippen LogP contribution in [0.25, 0.3) is 11.0 Å². The molecule has 1 unspecified atom stereocenters. The summed E-state index contributed by atoms with van der Waals surface area (Å²) in [7, 11) is 0. The number of benzene rings is 1. The maximum atomic E-state index is 11.3. The molecule has 1 aromatic carbocycles. The smallest absolute Gasteiger partial charge is 0.323 e. The summed E-state index contributed by atoms with van der Waals surface area (Å²) in [6.07, 6.45) is 2.12. The molecule has 1 aromatic heterocycles. The van der Waals surface area contributed by atoms with Gasteiger partial charge in [-0.1, -0.05) is 31.9 Å². The normalized spacial score (nSPS) is 18.8. The molecule has 1 aliphatic heterocycles. The highest BCUT2D eigenvalue weighted by molar-refractivity contribution is 9.11. The standard InChI is InChI=1S/C13H14Br2N2O2/c14-9-6-11-10(16-13(18)17-11)5-8(9)12(15)7-1-3-19-4-2-7/h5-7,12H,1-4H2,(H2,16,17,18). The van der Waals surface area contributed by atoms with Gasteiger partial charge in [0.15, 0.2) is 0 Å². The van der Waals surface area contributed by atoms with Gasteiger partial charge in [0.25, 0.3) is 0 Å². The number of imidazole rings is 1. The first-order valence-electron chi connectivity index (χ1n) is 6.28. The average molecular weight is 390 g/mol. The summed E-state index contributed by atoms with van der Waals surface area (Å²) in [6.45, 7) is 1.65. The van der Waals surface area contributed by atoms with Gasteiger partial charge in [0.2, 0.25) is 0 Å². The van der Waals surface area contributed by atoms with Crippen LogP contribution in [0.1, 0.15) is 23.2 Å². The van der Waals surface area contributed by atoms with Crippen LogP contribution in [0.2, 0.25) is 0 Å². The molecular weight excluding hydrogens is 376 g/mol. The number of ether oxygens (including phenoxy) is 1. The minimum absolute atomic E-state index is 0.170. The van der Waals surface area contributed by atoms with Gasteiger partial charge in [0.05, 0.1) is 11.0 Å². The van der Waals surface area contributed by atoms with Crippen LogP contribution >= 0.6 is 31.9 Å². The Balaban J connectivity index is 1.98. The molecule has 1 saturated heterocycles. The fourth-order valence-corrected chi connectivity index (χ4v) is 4.35. The molecule has 1 atom stereocenters. The minimum atomic E-state index is -0.170. The van der Waals surface area contributed by atoms with E-state index in [0.29, 0.717) is 5.92 Å². The Morgan fingerprint density at radius 2 is 1.84 bits per heavy atom. The molecular formula is C13H14Br2N2O2. The second-order valence-corrected chi connectivity index (χ2v) is 6.69. The number of aromatic nitrogens is 2. The first-order chi connectivity index (χ1) is 9.15. The molecule has 2 heterocycles. The maximum absolute atomic E-state index is 11.3. The highest BCUT2D eigenvalue weighted by Crippen LogP contribution is 2.40. The molecule has 3 rings (SSSR count). The van der Waals surface area contributed by atoms with E-state index in [4.69, 9.17) is 4.74 Å². The van der Waals surface area contributed by atoms with Crippen LogP contribution in [0, 0.1) is 5.92 Å². The predicted molar refractivity (Wildman–Crippen MR) is 81.8 cm³/mol. The van der Waals surface area contributed by atoms with Crippen molar-refractivity contribution in [1.29, 1.82) is 0 Å². The molecule has 0 amide bonds. The van der Waals surface area contributed by atoms with E-state index in [0.717, 1.165) is 41.6 Å². The van der Waals surface area contributed by atoms with Gasteiger partial charge in [-0.3, -0.25) is 0 Å². The Hall–Kier alpha value is -0.590. The predicted octanol–water partition coefficient (Wildman–Crippen LogP) is 3.48. The monoisotopic (exact) mass is 388 g/mol. The van der Waals surface area contributed by atoms with Crippen LogP contribution < -0.4 is 5.69 Å². The number of alkyl halides is 1. The third-order valence-corrected chi connectivity index (χ3v) is 5.54. The number of aromatic amines is 2. The van der Waals surface area contributed by atoms with E-state index in [9.17, 15) is 4.79 Å². The van der Waals surface area contributed by atoms with Crippen molar-refractivity contribution in [3.05, 3.63) is 32.7 Å². The molecule has 1 fully saturated rings. The third kappa shape index (κ3) is 2.66. The van der Waals surface area contributed by atoms with Gasteiger partial charge in [-0.15, -0.1) is 0 Å². The topological polar surface area (TPSA) is 57.9 Å². The number of rotatable bonds is 2. The molecule has 0 spiro atoms. The van der Waals surface area contributed by atoms with Crippen LogP contribution in [-0.4, -0.2) is 23.2 Å². The van der Waals surface area contributed by atoms with Crippen molar-refractivity contribution in [2.24, 2.45) is 5.92 Å². The summed E-state index contributed by atoms with van der Waals surface area (Å²) >= 11 is 7.40. The zero-order valence-electron chi connectivity index (χ0n) is 10.2. The highest BCUT2D eigenvalue weighted by atomic mass is 79.9. The van der Waals surface area contributed by atoms with Crippen LogP contribution in [0.4, 0.5) is 0 Å². The summed E-state index contributed by atoms with van der Waals surface area (Å²) < 4.78 is 6.42. The average Bonchev–Trinajstić information content (AvgIpc) is 2.77. The van der Waals surface area contributed by atoms with Crippen LogP contribution in [0.15, 0.2) is 21.4 Å². The number of hydrogen-bond donors (Lipinski definition) is 2. The largest absolute Gasteiger partial charge is 0.381 e. The number of nitrogens with one attached hydrogen (secondary N) is 2. The van der Waals surface area contributed by atoms with Gasteiger partial charge < -0.3 is 14.7 Å². The zero-order chi connectivity index (χ0) is 13.4. The molecule has 19 heavy (non-hydrogen) atoms. The second kappa shape index (κ2) is 5.42. The summed E-state index contributed by atoms with van der Waals surface area (Å²) in [5, 5.41) is 0. The second-order valence-electron chi connectivity index (χ2n) is 4.85. The van der Waals surface area contributed by atoms with Gasteiger partial charge in [-0.2, -0.15) is 0 Å². The van der Waals surface area contributed by atoms with Gasteiger partial charge in [0, 0.05) is 22.5 Å². The fourth-order valence-electron chi connectivity index (χ4n) is 2.55. The summed E-state index contributed by atoms with van der Waals surface area (Å²) in [6, 6.07) is 3.99. The first-order valence-corrected chi connectivity index (χ1v) is 7.99. The van der Waals surface area contributed by atoms with Gasteiger partial charge >= 0.3 is 5.69 Å². The molecule has 0 saturated carbocycles. The van der Waals surface area contributed by atoms with Crippen molar-refractivity contribution < 1.29 is 4.74 Å². The quantitative estimate of drug-likeness (QED) is 0.772. The molecule has 102 valence electrons. The number of hydrogen-bond acceptors (Lipinski definition) is 2. The van der Waals surface area contributed by atoms with E-state index in [1.807, 2.05) is 12.1 Å². The summed E-state index contributed by atoms with van der Waals surface area (Å²) in [4.78, 5) is 17.2. The van der Waals surface area contributed by atoms with E-state index < -0.39 is 0 Å². The Morgan fingerprint density at radius 3 is 2.53 bits per heavy atom. The fraction of sp³-hybridized carbons (Fsp3) is 0.462. The van der Waals surface area contributed by atoms with Crippen molar-refractivity contribution in [3.8, 4) is 0 Å². The SMILES string of the molecule is O=c1[nH]c2cc(Br)c(C(Br)C3CCOCC3)cc2[nH]1. The van der Waals surface area contributed by atoms with Crippen LogP contribution in [0.3, 0.4) is 0 Å². The molecule has 0 bridgehead atoms. The first kappa shape index (κ1) is 13.4. The van der Waals surface area contributed by atoms with E-state index in [1.165, 1.54) is 5.56 Å². The van der Waals surface area contributed by atoms with Crippen LogP contribution in [-0.2, 0) is 4.74 Å². The molecule has 6 heteroatoms. The minimum Gasteiger partial charge on any atom is -0.381 e. The van der Waals surface area contributed by atoms with Crippen molar-refractivity contribution >= 4 is 42.9 Å². The van der Waals surface area contributed by atoms with Crippen molar-refractivity contribution in [2.75, 3.05) is 13.2 Å². The van der Waals surface area contributed by atoms with Crippen molar-refractivity contribution in [1.82, 2.24) is 9.97 Å². The third-order valence-electron chi connectivity index (χ3n) is 3.61. The molecule has 0 aliphatic carbocycles. The molecule has 4 nitrogen and oxygen atoms in total. The summed E-state index contributed by atoms with van der Waals surface area (Å²) in [5.41, 5.74) is 2.68. The van der Waals surface area contributed by atoms with Crippen molar-refractivity contribution in [3.63, 3.8) is 0 Å². The Bertz CT molecular complexity index is 644. The summed E-state index contributed by atoms with van der Waals surface area (Å²) in [5.74, 6) is 0.563. The lowest BCUT2D eigenvalue weighted by atomic mass is 9.92. The van der Waals surface area contributed by atoms with Gasteiger partial charge in [0.1, 0.15) is 0 Å². The number of H-pyrrole nitrogens is 2. The lowest BCUT2D eigenvalue weighted by molar-refractivity contribution is 0.0661. The van der Waals surface area contributed by atoms with Gasteiger partial charge in [-0.25, -0.2) is 4.79 Å². The Kier molecular flexibility index (Phi) is 3.82. The van der Waals surface area contributed by atoms with Gasteiger partial charge in [-0.05, 0) is 36.5 Å². The highest BCUT2D eigenvalue weighted by Gasteiger charge is 2.25. The maximum Gasteiger partial charge on any atom is 0.323 e. The Morgan fingerprint density at radius 1 is 1.21 bits per heavy atom. The molecule has 2 aromatic rings. The van der Waals surface area contributed by atoms with E-state index in [2.05, 4.69) is 41.8 Å². The molecule has 1 aliphatic rings. The lowest BCUT2D eigenvalue weighted by Gasteiger charge is -2.27. The number of halogens is 2. The Labute approximate surface area is 127 Å². The lowest BCUT2D eigenvalue weighted by Crippen LogP contribution is -2.19. The van der Waals surface area contributed by atoms with E-state index in [-0.39, 0.29) is 10.5 Å². The van der Waals surface area contributed by atoms with Crippen LogP contribution in [0.5, 0.6) is 0 Å².